The van der Waals surface area contributed by atoms with Crippen LogP contribution in [0.3, 0.4) is 0 Å². The van der Waals surface area contributed by atoms with E-state index in [-0.39, 0.29) is 5.56 Å². The Morgan fingerprint density at radius 3 is 2.93 bits per heavy atom. The highest BCUT2D eigenvalue weighted by molar-refractivity contribution is 7.98. The maximum absolute atomic E-state index is 11.5. The van der Waals surface area contributed by atoms with Crippen molar-refractivity contribution in [1.82, 2.24) is 4.98 Å². The summed E-state index contributed by atoms with van der Waals surface area (Å²) < 4.78 is 10.5. The normalized spacial score (nSPS) is 10.5. The van der Waals surface area contributed by atoms with Crippen molar-refractivity contribution >= 4 is 22.7 Å². The highest BCUT2D eigenvalue weighted by Crippen LogP contribution is 2.21. The third-order valence-electron chi connectivity index (χ3n) is 1.98. The minimum Gasteiger partial charge on any atom is -0.497 e. The fourth-order valence-corrected chi connectivity index (χ4v) is 1.59. The van der Waals surface area contributed by atoms with Gasteiger partial charge in [-0.2, -0.15) is 4.98 Å². The van der Waals surface area contributed by atoms with Gasteiger partial charge in [-0.3, -0.25) is 4.79 Å². The molecule has 0 fully saturated rings. The number of rotatable bonds is 2. The van der Waals surface area contributed by atoms with E-state index in [0.717, 1.165) is 0 Å². The Morgan fingerprint density at radius 2 is 2.27 bits per heavy atom. The van der Waals surface area contributed by atoms with Crippen molar-refractivity contribution in [3.05, 3.63) is 28.6 Å². The predicted molar refractivity (Wildman–Crippen MR) is 58.6 cm³/mol. The Labute approximate surface area is 90.3 Å². The number of fused-ring (bicyclic) bond motifs is 1. The van der Waals surface area contributed by atoms with Crippen molar-refractivity contribution < 1.29 is 9.15 Å². The van der Waals surface area contributed by atoms with E-state index in [0.29, 0.717) is 21.9 Å². The van der Waals surface area contributed by atoms with Gasteiger partial charge in [0.2, 0.25) is 0 Å². The lowest BCUT2D eigenvalue weighted by Gasteiger charge is -2.01. The molecule has 0 unspecified atom stereocenters. The van der Waals surface area contributed by atoms with E-state index in [2.05, 4.69) is 4.98 Å². The summed E-state index contributed by atoms with van der Waals surface area (Å²) in [5.41, 5.74) is 0.224. The Kier molecular flexibility index (Phi) is 2.64. The molecule has 0 aliphatic carbocycles. The van der Waals surface area contributed by atoms with Crippen LogP contribution in [-0.2, 0) is 0 Å². The molecule has 0 saturated carbocycles. The molecule has 0 aliphatic heterocycles. The number of nitrogens with zero attached hydrogens (tertiary/aromatic N) is 1. The second kappa shape index (κ2) is 3.94. The van der Waals surface area contributed by atoms with Crippen LogP contribution in [0.5, 0.6) is 5.75 Å². The fraction of sp³-hybridized carbons (Fsp3) is 0.200. The van der Waals surface area contributed by atoms with Crippen LogP contribution in [0.1, 0.15) is 0 Å². The molecule has 0 bridgehead atoms. The zero-order valence-corrected chi connectivity index (χ0v) is 9.13. The van der Waals surface area contributed by atoms with Crippen LogP contribution in [0.25, 0.3) is 11.0 Å². The first-order valence-electron chi connectivity index (χ1n) is 4.27. The van der Waals surface area contributed by atoms with Crippen molar-refractivity contribution in [2.75, 3.05) is 13.4 Å². The molecule has 2 aromatic rings. The third kappa shape index (κ3) is 1.83. The SMILES string of the molecule is COc1ccc2c(=O)nc(SC)oc2c1. The largest absolute Gasteiger partial charge is 0.497 e. The number of benzene rings is 1. The van der Waals surface area contributed by atoms with E-state index in [1.807, 2.05) is 0 Å². The summed E-state index contributed by atoms with van der Waals surface area (Å²) >= 11 is 1.29. The summed E-state index contributed by atoms with van der Waals surface area (Å²) in [7, 11) is 1.57. The van der Waals surface area contributed by atoms with E-state index < -0.39 is 0 Å². The summed E-state index contributed by atoms with van der Waals surface area (Å²) in [6, 6.07) is 5.04. The van der Waals surface area contributed by atoms with Gasteiger partial charge in [-0.25, -0.2) is 0 Å². The van der Waals surface area contributed by atoms with Crippen LogP contribution >= 0.6 is 11.8 Å². The van der Waals surface area contributed by atoms with E-state index in [4.69, 9.17) is 9.15 Å². The molecule has 4 nitrogen and oxygen atoms in total. The van der Waals surface area contributed by atoms with Crippen molar-refractivity contribution in [1.29, 1.82) is 0 Å². The molecular formula is C10H9NO3S. The van der Waals surface area contributed by atoms with E-state index >= 15 is 0 Å². The maximum Gasteiger partial charge on any atom is 0.284 e. The van der Waals surface area contributed by atoms with Crippen LogP contribution in [0, 0.1) is 0 Å². The Morgan fingerprint density at radius 1 is 1.47 bits per heavy atom. The van der Waals surface area contributed by atoms with Crippen LogP contribution in [-0.4, -0.2) is 18.3 Å². The molecule has 0 N–H and O–H groups in total. The van der Waals surface area contributed by atoms with Gasteiger partial charge in [0.15, 0.2) is 0 Å². The molecule has 2 rings (SSSR count). The third-order valence-corrected chi connectivity index (χ3v) is 2.51. The minimum atomic E-state index is -0.275. The van der Waals surface area contributed by atoms with Crippen molar-refractivity contribution in [3.8, 4) is 5.75 Å². The van der Waals surface area contributed by atoms with Crippen LogP contribution in [0.2, 0.25) is 0 Å². The van der Waals surface area contributed by atoms with Crippen molar-refractivity contribution in [3.63, 3.8) is 0 Å². The standard InChI is InChI=1S/C10H9NO3S/c1-13-6-3-4-7-8(5-6)14-10(15-2)11-9(7)12/h3-5H,1-2H3. The van der Waals surface area contributed by atoms with Crippen molar-refractivity contribution in [2.45, 2.75) is 5.22 Å². The Hall–Kier alpha value is -1.49. The number of methoxy groups -OCH3 is 1. The first kappa shape index (κ1) is 10.0. The van der Waals surface area contributed by atoms with E-state index in [9.17, 15) is 4.79 Å². The first-order chi connectivity index (χ1) is 7.24. The Balaban J connectivity index is 2.75. The number of aromatic nitrogens is 1. The van der Waals surface area contributed by atoms with Gasteiger partial charge >= 0.3 is 0 Å². The molecule has 5 heteroatoms. The monoisotopic (exact) mass is 223 g/mol. The fourth-order valence-electron chi connectivity index (χ4n) is 1.24. The van der Waals surface area contributed by atoms with E-state index in [1.54, 1.807) is 31.6 Å². The molecule has 1 heterocycles. The predicted octanol–water partition coefficient (Wildman–Crippen LogP) is 1.92. The molecule has 1 aromatic carbocycles. The molecule has 1 aromatic heterocycles. The molecule has 0 spiro atoms. The highest BCUT2D eigenvalue weighted by Gasteiger charge is 2.06. The van der Waals surface area contributed by atoms with Gasteiger partial charge in [0.05, 0.1) is 12.5 Å². The van der Waals surface area contributed by atoms with Crippen LogP contribution in [0.15, 0.2) is 32.6 Å². The number of hydrogen-bond donors (Lipinski definition) is 0. The zero-order valence-electron chi connectivity index (χ0n) is 8.31. The highest BCUT2D eigenvalue weighted by atomic mass is 32.2. The second-order valence-corrected chi connectivity index (χ2v) is 3.61. The maximum atomic E-state index is 11.5. The topological polar surface area (TPSA) is 52.3 Å². The molecule has 78 valence electrons. The summed E-state index contributed by atoms with van der Waals surface area (Å²) in [5, 5.41) is 0.828. The van der Waals surface area contributed by atoms with Gasteiger partial charge in [-0.1, -0.05) is 11.8 Å². The molecule has 0 radical (unpaired) electrons. The van der Waals surface area contributed by atoms with Gasteiger partial charge in [0.1, 0.15) is 11.3 Å². The van der Waals surface area contributed by atoms with Crippen molar-refractivity contribution in [2.24, 2.45) is 0 Å². The average molecular weight is 223 g/mol. The van der Waals surface area contributed by atoms with Gasteiger partial charge in [-0.05, 0) is 18.4 Å². The summed E-state index contributed by atoms with van der Waals surface area (Å²) in [6.07, 6.45) is 1.80. The summed E-state index contributed by atoms with van der Waals surface area (Å²) in [4.78, 5) is 15.3. The average Bonchev–Trinajstić information content (AvgIpc) is 2.28. The lowest BCUT2D eigenvalue weighted by molar-refractivity contribution is 0.411. The lowest BCUT2D eigenvalue weighted by Crippen LogP contribution is -2.06. The molecule has 15 heavy (non-hydrogen) atoms. The Bertz CT molecular complexity index is 545. The van der Waals surface area contributed by atoms with Gasteiger partial charge in [0.25, 0.3) is 10.8 Å². The quantitative estimate of drug-likeness (QED) is 0.728. The van der Waals surface area contributed by atoms with Gasteiger partial charge in [-0.15, -0.1) is 0 Å². The minimum absolute atomic E-state index is 0.275. The summed E-state index contributed by atoms with van der Waals surface area (Å²) in [6.45, 7) is 0. The van der Waals surface area contributed by atoms with E-state index in [1.165, 1.54) is 11.8 Å². The van der Waals surface area contributed by atoms with Crippen LogP contribution < -0.4 is 10.3 Å². The second-order valence-electron chi connectivity index (χ2n) is 2.85. The molecule has 0 amide bonds. The number of ether oxygens (including phenoxy) is 1. The number of thioether (sulfide) groups is 1. The van der Waals surface area contributed by atoms with Crippen LogP contribution in [0.4, 0.5) is 0 Å². The smallest absolute Gasteiger partial charge is 0.284 e. The first-order valence-corrected chi connectivity index (χ1v) is 5.50. The molecule has 0 atom stereocenters. The zero-order chi connectivity index (χ0) is 10.8. The number of hydrogen-bond acceptors (Lipinski definition) is 5. The summed E-state index contributed by atoms with van der Waals surface area (Å²) in [5.74, 6) is 0.656. The lowest BCUT2D eigenvalue weighted by atomic mass is 10.2. The molecular weight excluding hydrogens is 214 g/mol. The van der Waals surface area contributed by atoms with Gasteiger partial charge in [0, 0.05) is 6.07 Å². The van der Waals surface area contributed by atoms with Gasteiger partial charge < -0.3 is 9.15 Å². The molecule has 0 saturated heterocycles. The molecule has 0 aliphatic rings.